The molecule has 0 unspecified atom stereocenters. The SMILES string of the molecule is Cc1ccc(OCCOc2ccc(-c3nc(CC(=O)O)cs3)cc2)c(C)c1. The minimum absolute atomic E-state index is 0.0574. The molecule has 1 aromatic heterocycles. The summed E-state index contributed by atoms with van der Waals surface area (Å²) in [6.07, 6.45) is -0.0574. The van der Waals surface area contributed by atoms with Crippen molar-refractivity contribution in [2.75, 3.05) is 13.2 Å². The number of nitrogens with zero attached hydrogens (tertiary/aromatic N) is 1. The van der Waals surface area contributed by atoms with Crippen LogP contribution in [0.25, 0.3) is 10.6 Å². The first-order valence-electron chi connectivity index (χ1n) is 8.61. The van der Waals surface area contributed by atoms with Gasteiger partial charge in [-0.3, -0.25) is 4.79 Å². The van der Waals surface area contributed by atoms with Crippen LogP contribution in [0.2, 0.25) is 0 Å². The van der Waals surface area contributed by atoms with Gasteiger partial charge < -0.3 is 14.6 Å². The molecule has 0 aliphatic carbocycles. The molecular formula is C21H21NO4S. The van der Waals surface area contributed by atoms with Crippen LogP contribution in [0.15, 0.2) is 47.8 Å². The maximum absolute atomic E-state index is 10.7. The highest BCUT2D eigenvalue weighted by Crippen LogP contribution is 2.26. The van der Waals surface area contributed by atoms with E-state index in [-0.39, 0.29) is 6.42 Å². The molecule has 0 saturated heterocycles. The fourth-order valence-electron chi connectivity index (χ4n) is 2.64. The van der Waals surface area contributed by atoms with Gasteiger partial charge in [0.2, 0.25) is 0 Å². The predicted molar refractivity (Wildman–Crippen MR) is 106 cm³/mol. The van der Waals surface area contributed by atoms with E-state index in [0.717, 1.165) is 27.6 Å². The lowest BCUT2D eigenvalue weighted by Gasteiger charge is -2.11. The van der Waals surface area contributed by atoms with Gasteiger partial charge in [-0.25, -0.2) is 4.98 Å². The number of hydrogen-bond acceptors (Lipinski definition) is 5. The highest BCUT2D eigenvalue weighted by molar-refractivity contribution is 7.13. The topological polar surface area (TPSA) is 68.7 Å². The van der Waals surface area contributed by atoms with Crippen molar-refractivity contribution in [1.29, 1.82) is 0 Å². The van der Waals surface area contributed by atoms with E-state index in [1.165, 1.54) is 16.9 Å². The van der Waals surface area contributed by atoms with Crippen LogP contribution in [0.4, 0.5) is 0 Å². The van der Waals surface area contributed by atoms with Crippen LogP contribution >= 0.6 is 11.3 Å². The van der Waals surface area contributed by atoms with Crippen LogP contribution in [0.3, 0.4) is 0 Å². The summed E-state index contributed by atoms with van der Waals surface area (Å²) in [5, 5.41) is 11.4. The van der Waals surface area contributed by atoms with Gasteiger partial charge in [0.05, 0.1) is 12.1 Å². The fourth-order valence-corrected chi connectivity index (χ4v) is 3.47. The average molecular weight is 383 g/mol. The number of aryl methyl sites for hydroxylation is 2. The average Bonchev–Trinajstić information content (AvgIpc) is 3.08. The van der Waals surface area contributed by atoms with Gasteiger partial charge in [0.1, 0.15) is 29.7 Å². The van der Waals surface area contributed by atoms with Crippen LogP contribution in [0, 0.1) is 13.8 Å². The second-order valence-corrected chi connectivity index (χ2v) is 7.06. The van der Waals surface area contributed by atoms with Crippen molar-refractivity contribution in [3.05, 3.63) is 64.7 Å². The Morgan fingerprint density at radius 2 is 1.81 bits per heavy atom. The summed E-state index contributed by atoms with van der Waals surface area (Å²) in [7, 11) is 0. The van der Waals surface area contributed by atoms with Crippen LogP contribution in [0.5, 0.6) is 11.5 Å². The predicted octanol–water partition coefficient (Wildman–Crippen LogP) is 4.51. The maximum Gasteiger partial charge on any atom is 0.309 e. The van der Waals surface area contributed by atoms with Gasteiger partial charge in [-0.05, 0) is 49.7 Å². The van der Waals surface area contributed by atoms with Crippen molar-refractivity contribution in [1.82, 2.24) is 4.98 Å². The number of thiazole rings is 1. The van der Waals surface area contributed by atoms with Gasteiger partial charge >= 0.3 is 5.97 Å². The molecular weight excluding hydrogens is 362 g/mol. The van der Waals surface area contributed by atoms with Crippen LogP contribution in [0.1, 0.15) is 16.8 Å². The molecule has 27 heavy (non-hydrogen) atoms. The Bertz CT molecular complexity index is 918. The molecule has 0 amide bonds. The Hall–Kier alpha value is -2.86. The Morgan fingerprint density at radius 3 is 2.52 bits per heavy atom. The highest BCUT2D eigenvalue weighted by atomic mass is 32.1. The summed E-state index contributed by atoms with van der Waals surface area (Å²) in [5.41, 5.74) is 3.85. The number of hydrogen-bond donors (Lipinski definition) is 1. The van der Waals surface area contributed by atoms with Gasteiger partial charge in [0.15, 0.2) is 0 Å². The van der Waals surface area contributed by atoms with E-state index < -0.39 is 5.97 Å². The molecule has 3 rings (SSSR count). The molecule has 0 aliphatic heterocycles. The number of carboxylic acids is 1. The van der Waals surface area contributed by atoms with E-state index in [9.17, 15) is 4.79 Å². The smallest absolute Gasteiger partial charge is 0.309 e. The number of carboxylic acid groups (broad SMARTS) is 1. The van der Waals surface area contributed by atoms with Crippen molar-refractivity contribution < 1.29 is 19.4 Å². The van der Waals surface area contributed by atoms with Gasteiger partial charge in [0, 0.05) is 10.9 Å². The normalized spacial score (nSPS) is 10.6. The Morgan fingerprint density at radius 1 is 1.07 bits per heavy atom. The lowest BCUT2D eigenvalue weighted by Crippen LogP contribution is -2.09. The second kappa shape index (κ2) is 8.68. The van der Waals surface area contributed by atoms with E-state index in [2.05, 4.69) is 18.0 Å². The van der Waals surface area contributed by atoms with Crippen molar-refractivity contribution in [3.63, 3.8) is 0 Å². The van der Waals surface area contributed by atoms with Crippen LogP contribution in [-0.4, -0.2) is 29.3 Å². The number of ether oxygens (including phenoxy) is 2. The molecule has 0 bridgehead atoms. The number of rotatable bonds is 8. The van der Waals surface area contributed by atoms with Crippen molar-refractivity contribution in [3.8, 4) is 22.1 Å². The maximum atomic E-state index is 10.7. The number of aliphatic carboxylic acids is 1. The fraction of sp³-hybridized carbons (Fsp3) is 0.238. The molecule has 3 aromatic rings. The zero-order valence-corrected chi connectivity index (χ0v) is 16.1. The van der Waals surface area contributed by atoms with Crippen molar-refractivity contribution in [2.45, 2.75) is 20.3 Å². The summed E-state index contributed by atoms with van der Waals surface area (Å²) in [6, 6.07) is 13.7. The third-order valence-corrected chi connectivity index (χ3v) is 4.87. The van der Waals surface area contributed by atoms with E-state index in [1.54, 1.807) is 5.38 Å². The minimum atomic E-state index is -0.876. The standard InChI is InChI=1S/C21H21NO4S/c1-14-3-8-19(15(2)11-14)26-10-9-25-18-6-4-16(5-7-18)21-22-17(13-27-21)12-20(23)24/h3-8,11,13H,9-10,12H2,1-2H3,(H,23,24). The Labute approximate surface area is 162 Å². The van der Waals surface area contributed by atoms with Gasteiger partial charge in [-0.1, -0.05) is 17.7 Å². The second-order valence-electron chi connectivity index (χ2n) is 6.20. The molecule has 2 aromatic carbocycles. The Balaban J connectivity index is 1.50. The van der Waals surface area contributed by atoms with E-state index in [0.29, 0.717) is 18.9 Å². The molecule has 1 heterocycles. The monoisotopic (exact) mass is 383 g/mol. The zero-order chi connectivity index (χ0) is 19.2. The first-order chi connectivity index (χ1) is 13.0. The minimum Gasteiger partial charge on any atom is -0.490 e. The van der Waals surface area contributed by atoms with Crippen LogP contribution < -0.4 is 9.47 Å². The van der Waals surface area contributed by atoms with E-state index in [1.807, 2.05) is 43.3 Å². The molecule has 0 radical (unpaired) electrons. The molecule has 0 aliphatic rings. The molecule has 5 nitrogen and oxygen atoms in total. The third-order valence-electron chi connectivity index (χ3n) is 3.93. The molecule has 0 atom stereocenters. The molecule has 0 saturated carbocycles. The van der Waals surface area contributed by atoms with Crippen molar-refractivity contribution >= 4 is 17.3 Å². The number of aromatic nitrogens is 1. The molecule has 1 N–H and O–H groups in total. The molecule has 6 heteroatoms. The lowest BCUT2D eigenvalue weighted by molar-refractivity contribution is -0.136. The first-order valence-corrected chi connectivity index (χ1v) is 9.49. The number of benzene rings is 2. The quantitative estimate of drug-likeness (QED) is 0.580. The lowest BCUT2D eigenvalue weighted by atomic mass is 10.1. The molecule has 140 valence electrons. The van der Waals surface area contributed by atoms with Crippen LogP contribution in [-0.2, 0) is 11.2 Å². The largest absolute Gasteiger partial charge is 0.490 e. The van der Waals surface area contributed by atoms with Gasteiger partial charge in [0.25, 0.3) is 0 Å². The first kappa shape index (κ1) is 18.9. The summed E-state index contributed by atoms with van der Waals surface area (Å²) < 4.78 is 11.5. The Kier molecular flexibility index (Phi) is 6.08. The molecule has 0 spiro atoms. The molecule has 0 fully saturated rings. The van der Waals surface area contributed by atoms with Gasteiger partial charge in [-0.15, -0.1) is 11.3 Å². The highest BCUT2D eigenvalue weighted by Gasteiger charge is 2.08. The van der Waals surface area contributed by atoms with E-state index in [4.69, 9.17) is 14.6 Å². The number of carbonyl (C=O) groups is 1. The summed E-state index contributed by atoms with van der Waals surface area (Å²) in [6.45, 7) is 5.01. The summed E-state index contributed by atoms with van der Waals surface area (Å²) in [5.74, 6) is 0.754. The van der Waals surface area contributed by atoms with Gasteiger partial charge in [-0.2, -0.15) is 0 Å². The summed E-state index contributed by atoms with van der Waals surface area (Å²) >= 11 is 1.44. The third kappa shape index (κ3) is 5.31. The summed E-state index contributed by atoms with van der Waals surface area (Å²) in [4.78, 5) is 15.1. The van der Waals surface area contributed by atoms with Crippen molar-refractivity contribution in [2.24, 2.45) is 0 Å². The van der Waals surface area contributed by atoms with E-state index >= 15 is 0 Å². The zero-order valence-electron chi connectivity index (χ0n) is 15.3.